The Balaban J connectivity index is 1.50. The number of primary amides is 1. The van der Waals surface area contributed by atoms with Crippen LogP contribution in [0.15, 0.2) is 30.3 Å². The molecule has 2 saturated heterocycles. The van der Waals surface area contributed by atoms with Gasteiger partial charge in [-0.3, -0.25) is 9.69 Å². The fourth-order valence-electron chi connectivity index (χ4n) is 4.22. The number of amides is 3. The predicted molar refractivity (Wildman–Crippen MR) is 107 cm³/mol. The molecule has 7 heteroatoms. The van der Waals surface area contributed by atoms with E-state index in [9.17, 15) is 14.7 Å². The fourth-order valence-corrected chi connectivity index (χ4v) is 4.22. The smallest absolute Gasteiger partial charge is 0.317 e. The molecule has 2 unspecified atom stereocenters. The molecule has 0 saturated carbocycles. The molecule has 3 amide bonds. The van der Waals surface area contributed by atoms with Crippen LogP contribution in [0.4, 0.5) is 4.79 Å². The van der Waals surface area contributed by atoms with Crippen LogP contribution in [0, 0.1) is 5.92 Å². The van der Waals surface area contributed by atoms with E-state index in [-0.39, 0.29) is 12.6 Å². The van der Waals surface area contributed by atoms with Gasteiger partial charge in [0, 0.05) is 26.2 Å². The summed E-state index contributed by atoms with van der Waals surface area (Å²) in [5.74, 6) is -0.361. The number of nitrogens with zero attached hydrogens (tertiary/aromatic N) is 2. The second-order valence-corrected chi connectivity index (χ2v) is 8.19. The van der Waals surface area contributed by atoms with Crippen molar-refractivity contribution in [2.45, 2.75) is 44.2 Å². The van der Waals surface area contributed by atoms with Gasteiger partial charge < -0.3 is 21.1 Å². The van der Waals surface area contributed by atoms with Crippen LogP contribution in [-0.4, -0.2) is 65.2 Å². The average molecular weight is 389 g/mol. The minimum atomic E-state index is -1.61. The van der Waals surface area contributed by atoms with Gasteiger partial charge in [0.05, 0.1) is 6.54 Å². The van der Waals surface area contributed by atoms with E-state index in [1.807, 2.05) is 6.07 Å². The number of hydrogen-bond donors (Lipinski definition) is 3. The number of carbonyl (C=O) groups excluding carboxylic acids is 2. The summed E-state index contributed by atoms with van der Waals surface area (Å²) in [5.41, 5.74) is 5.00. The number of benzene rings is 1. The molecule has 2 heterocycles. The van der Waals surface area contributed by atoms with Gasteiger partial charge in [0.1, 0.15) is 0 Å². The Kier molecular flexibility index (Phi) is 6.91. The summed E-state index contributed by atoms with van der Waals surface area (Å²) >= 11 is 0. The van der Waals surface area contributed by atoms with Gasteiger partial charge in [-0.05, 0) is 43.7 Å². The molecule has 4 N–H and O–H groups in total. The number of aliphatic hydroxyl groups is 1. The second-order valence-electron chi connectivity index (χ2n) is 8.19. The highest BCUT2D eigenvalue weighted by Gasteiger charge is 2.40. The van der Waals surface area contributed by atoms with Crippen molar-refractivity contribution in [1.82, 2.24) is 15.1 Å². The lowest BCUT2D eigenvalue weighted by Gasteiger charge is -2.37. The Hall–Kier alpha value is -2.12. The number of carbonyl (C=O) groups is 2. The molecule has 0 aromatic heterocycles. The third-order valence-electron chi connectivity index (χ3n) is 5.86. The lowest BCUT2D eigenvalue weighted by atomic mass is 9.92. The largest absolute Gasteiger partial charge is 0.378 e. The average Bonchev–Trinajstić information content (AvgIpc) is 2.92. The van der Waals surface area contributed by atoms with E-state index in [1.165, 1.54) is 16.9 Å². The third-order valence-corrected chi connectivity index (χ3v) is 5.86. The molecule has 154 valence electrons. The van der Waals surface area contributed by atoms with Crippen molar-refractivity contribution < 1.29 is 14.7 Å². The molecule has 0 bridgehead atoms. The summed E-state index contributed by atoms with van der Waals surface area (Å²) in [6.07, 6.45) is 4.31. The maximum absolute atomic E-state index is 12.5. The van der Waals surface area contributed by atoms with E-state index >= 15 is 0 Å². The van der Waals surface area contributed by atoms with Crippen molar-refractivity contribution in [2.24, 2.45) is 11.7 Å². The summed E-state index contributed by atoms with van der Waals surface area (Å²) in [6.45, 7) is 4.08. The molecule has 2 fully saturated rings. The first kappa shape index (κ1) is 20.6. The van der Waals surface area contributed by atoms with E-state index in [0.717, 1.165) is 32.5 Å². The first-order valence-electron chi connectivity index (χ1n) is 10.3. The Morgan fingerprint density at radius 3 is 2.71 bits per heavy atom. The van der Waals surface area contributed by atoms with Crippen molar-refractivity contribution >= 4 is 11.9 Å². The van der Waals surface area contributed by atoms with Crippen LogP contribution < -0.4 is 11.1 Å². The molecule has 1 aromatic carbocycles. The van der Waals surface area contributed by atoms with Crippen molar-refractivity contribution in [3.63, 3.8) is 0 Å². The summed E-state index contributed by atoms with van der Waals surface area (Å²) in [7, 11) is 0. The van der Waals surface area contributed by atoms with Crippen molar-refractivity contribution in [3.05, 3.63) is 35.9 Å². The number of likely N-dealkylation sites (tertiary alicyclic amines) is 2. The number of urea groups is 1. The molecule has 2 aliphatic rings. The van der Waals surface area contributed by atoms with Crippen molar-refractivity contribution in [2.75, 3.05) is 32.7 Å². The lowest BCUT2D eigenvalue weighted by Crippen LogP contribution is -2.58. The van der Waals surface area contributed by atoms with Crippen LogP contribution in [0.2, 0.25) is 0 Å². The van der Waals surface area contributed by atoms with E-state index in [0.29, 0.717) is 31.8 Å². The van der Waals surface area contributed by atoms with Gasteiger partial charge in [-0.2, -0.15) is 0 Å². The summed E-state index contributed by atoms with van der Waals surface area (Å²) < 4.78 is 0. The van der Waals surface area contributed by atoms with Gasteiger partial charge in [0.2, 0.25) is 0 Å². The van der Waals surface area contributed by atoms with Crippen LogP contribution >= 0.6 is 0 Å². The Labute approximate surface area is 166 Å². The number of piperidine rings is 1. The van der Waals surface area contributed by atoms with E-state index in [1.54, 1.807) is 0 Å². The van der Waals surface area contributed by atoms with Crippen molar-refractivity contribution in [1.29, 1.82) is 0 Å². The van der Waals surface area contributed by atoms with Gasteiger partial charge in [-0.15, -0.1) is 0 Å². The molecule has 28 heavy (non-hydrogen) atoms. The molecule has 7 nitrogen and oxygen atoms in total. The number of nitrogens with one attached hydrogen (secondary N) is 1. The van der Waals surface area contributed by atoms with Crippen LogP contribution in [-0.2, 0) is 11.3 Å². The summed E-state index contributed by atoms with van der Waals surface area (Å²) in [5, 5.41) is 13.3. The SMILES string of the molecule is NC(=O)C1(O)CCCN(C(=O)NCC2CCCCN(Cc3ccccc3)C2)C1. The van der Waals surface area contributed by atoms with Crippen molar-refractivity contribution in [3.8, 4) is 0 Å². The maximum Gasteiger partial charge on any atom is 0.317 e. The Morgan fingerprint density at radius 1 is 1.18 bits per heavy atom. The molecular formula is C21H32N4O3. The van der Waals surface area contributed by atoms with Crippen LogP contribution in [0.1, 0.15) is 37.7 Å². The summed E-state index contributed by atoms with van der Waals surface area (Å²) in [6, 6.07) is 10.2. The maximum atomic E-state index is 12.5. The highest BCUT2D eigenvalue weighted by atomic mass is 16.3. The Bertz CT molecular complexity index is 669. The lowest BCUT2D eigenvalue weighted by molar-refractivity contribution is -0.140. The first-order valence-corrected chi connectivity index (χ1v) is 10.3. The van der Waals surface area contributed by atoms with Crippen LogP contribution in [0.3, 0.4) is 0 Å². The van der Waals surface area contributed by atoms with Gasteiger partial charge in [-0.25, -0.2) is 4.79 Å². The van der Waals surface area contributed by atoms with E-state index < -0.39 is 11.5 Å². The fraction of sp³-hybridized carbons (Fsp3) is 0.619. The van der Waals surface area contributed by atoms with Gasteiger partial charge in [-0.1, -0.05) is 36.8 Å². The highest BCUT2D eigenvalue weighted by molar-refractivity contribution is 5.85. The number of β-amino-alcohol motifs (C(OH)–C–C–N with tert-alkyl or cyclic N) is 1. The van der Waals surface area contributed by atoms with Gasteiger partial charge in [0.25, 0.3) is 5.91 Å². The monoisotopic (exact) mass is 388 g/mol. The second kappa shape index (κ2) is 9.39. The zero-order valence-electron chi connectivity index (χ0n) is 16.5. The number of hydrogen-bond acceptors (Lipinski definition) is 4. The molecule has 1 aromatic rings. The molecular weight excluding hydrogens is 356 g/mol. The first-order chi connectivity index (χ1) is 13.5. The minimum Gasteiger partial charge on any atom is -0.378 e. The molecule has 2 atom stereocenters. The quantitative estimate of drug-likeness (QED) is 0.708. The third kappa shape index (κ3) is 5.45. The van der Waals surface area contributed by atoms with Crippen LogP contribution in [0.25, 0.3) is 0 Å². The minimum absolute atomic E-state index is 0.0288. The van der Waals surface area contributed by atoms with E-state index in [4.69, 9.17) is 5.73 Å². The van der Waals surface area contributed by atoms with E-state index in [2.05, 4.69) is 34.5 Å². The number of rotatable bonds is 5. The Morgan fingerprint density at radius 2 is 1.96 bits per heavy atom. The molecule has 3 rings (SSSR count). The highest BCUT2D eigenvalue weighted by Crippen LogP contribution is 2.21. The predicted octanol–water partition coefficient (Wildman–Crippen LogP) is 1.31. The summed E-state index contributed by atoms with van der Waals surface area (Å²) in [4.78, 5) is 28.0. The topological polar surface area (TPSA) is 98.9 Å². The molecule has 0 spiro atoms. The van der Waals surface area contributed by atoms with Gasteiger partial charge >= 0.3 is 6.03 Å². The zero-order valence-corrected chi connectivity index (χ0v) is 16.5. The zero-order chi connectivity index (χ0) is 20.0. The van der Waals surface area contributed by atoms with Gasteiger partial charge in [0.15, 0.2) is 5.60 Å². The molecule has 0 radical (unpaired) electrons. The molecule has 2 aliphatic heterocycles. The molecule has 0 aliphatic carbocycles. The number of nitrogens with two attached hydrogens (primary N) is 1. The standard InChI is InChI=1S/C21H32N4O3/c22-19(26)21(28)10-6-12-25(16-21)20(27)23-13-18-9-4-5-11-24(15-18)14-17-7-2-1-3-8-17/h1-3,7-8,18,28H,4-6,9-16H2,(H2,22,26)(H,23,27). The van der Waals surface area contributed by atoms with Crippen LogP contribution in [0.5, 0.6) is 0 Å². The normalized spacial score (nSPS) is 26.5.